The molecular formula is C53H52IrN4OSi-2. The van der Waals surface area contributed by atoms with Crippen LogP contribution in [0.4, 0.5) is 0 Å². The van der Waals surface area contributed by atoms with E-state index in [4.69, 9.17) is 14.4 Å². The molecule has 7 heteroatoms. The smallest absolute Gasteiger partial charge is 0.216 e. The number of rotatable bonds is 7. The summed E-state index contributed by atoms with van der Waals surface area (Å²) in [6, 6.07) is 50.7. The first-order valence-corrected chi connectivity index (χ1v) is 24.1. The van der Waals surface area contributed by atoms with Gasteiger partial charge in [0.2, 0.25) is 5.71 Å². The molecule has 0 fully saturated rings. The zero-order chi connectivity index (χ0) is 41.5. The van der Waals surface area contributed by atoms with Gasteiger partial charge in [-0.25, -0.2) is 4.98 Å². The van der Waals surface area contributed by atoms with Gasteiger partial charge in [-0.2, -0.15) is 0 Å². The predicted molar refractivity (Wildman–Crippen MR) is 249 cm³/mol. The van der Waals surface area contributed by atoms with Gasteiger partial charge in [-0.15, -0.1) is 53.6 Å². The van der Waals surface area contributed by atoms with Gasteiger partial charge in [-0.1, -0.05) is 138 Å². The number of fused-ring (bicyclic) bond motifs is 4. The number of imidazole rings is 1. The first-order valence-electron chi connectivity index (χ1n) is 20.6. The Bertz CT molecular complexity index is 2900. The molecule has 0 unspecified atom stereocenters. The van der Waals surface area contributed by atoms with Crippen molar-refractivity contribution in [3.8, 4) is 39.5 Å². The summed E-state index contributed by atoms with van der Waals surface area (Å²) in [5.41, 5.74) is 13.2. The minimum Gasteiger partial charge on any atom is -0.486 e. The first kappa shape index (κ1) is 42.7. The van der Waals surface area contributed by atoms with E-state index in [0.29, 0.717) is 11.6 Å². The maximum atomic E-state index is 6.52. The molecule has 5 nitrogen and oxygen atoms in total. The minimum absolute atomic E-state index is 0. The molecular weight excluding hydrogens is 929 g/mol. The van der Waals surface area contributed by atoms with Crippen LogP contribution in [0.1, 0.15) is 51.4 Å². The third-order valence-electron chi connectivity index (χ3n) is 10.8. The number of benzene rings is 5. The van der Waals surface area contributed by atoms with E-state index in [1.54, 1.807) is 0 Å². The molecule has 9 rings (SSSR count). The number of hydrogen-bond acceptors (Lipinski definition) is 4. The second-order valence-corrected chi connectivity index (χ2v) is 23.0. The van der Waals surface area contributed by atoms with E-state index >= 15 is 0 Å². The van der Waals surface area contributed by atoms with Crippen LogP contribution in [0.15, 0.2) is 138 Å². The SMILES string of the molecule is CC(C)Cc1cc(-c2[c-]cccc2)ncc1[Si](C)(C)C.Cc1c[c-]c(-c2nc3ccccc3n2-c2ccc(-c3ccccc3)cc2)c2oc3nc(C(C)(C)C)ccc3c12.[Ir]. The van der Waals surface area contributed by atoms with Gasteiger partial charge < -0.3 is 14.0 Å². The zero-order valence-corrected chi connectivity index (χ0v) is 39.4. The summed E-state index contributed by atoms with van der Waals surface area (Å²) in [7, 11) is -1.34. The van der Waals surface area contributed by atoms with Gasteiger partial charge in [0.15, 0.2) is 0 Å². The van der Waals surface area contributed by atoms with Crippen LogP contribution in [0.5, 0.6) is 0 Å². The molecule has 0 aliphatic rings. The Morgan fingerprint density at radius 1 is 0.783 bits per heavy atom. The summed E-state index contributed by atoms with van der Waals surface area (Å²) < 4.78 is 8.72. The summed E-state index contributed by atoms with van der Waals surface area (Å²) in [4.78, 5) is 14.7. The number of para-hydroxylation sites is 2. The minimum atomic E-state index is -1.34. The summed E-state index contributed by atoms with van der Waals surface area (Å²) in [6.07, 6.45) is 3.24. The van der Waals surface area contributed by atoms with Crippen LogP contribution in [0.3, 0.4) is 0 Å². The van der Waals surface area contributed by atoms with Crippen LogP contribution in [0, 0.1) is 25.0 Å². The third-order valence-corrected chi connectivity index (χ3v) is 12.9. The molecule has 0 aliphatic heterocycles. The number of hydrogen-bond donors (Lipinski definition) is 0. The average molecular weight is 981 g/mol. The first-order chi connectivity index (χ1) is 28.3. The summed E-state index contributed by atoms with van der Waals surface area (Å²) >= 11 is 0. The van der Waals surface area contributed by atoms with Crippen molar-refractivity contribution in [1.29, 1.82) is 0 Å². The van der Waals surface area contributed by atoms with Crippen LogP contribution in [-0.2, 0) is 31.9 Å². The Hall–Kier alpha value is -5.46. The molecule has 0 N–H and O–H groups in total. The molecule has 0 bridgehead atoms. The van der Waals surface area contributed by atoms with Gasteiger partial charge in [0.25, 0.3) is 0 Å². The maximum Gasteiger partial charge on any atom is 0.216 e. The number of furan rings is 1. The Morgan fingerprint density at radius 3 is 2.17 bits per heavy atom. The van der Waals surface area contributed by atoms with Gasteiger partial charge >= 0.3 is 0 Å². The molecule has 0 amide bonds. The number of nitrogens with zero attached hydrogens (tertiary/aromatic N) is 4. The molecule has 305 valence electrons. The van der Waals surface area contributed by atoms with E-state index in [1.165, 1.54) is 21.9 Å². The Kier molecular flexibility index (Phi) is 12.3. The Labute approximate surface area is 369 Å². The van der Waals surface area contributed by atoms with Gasteiger partial charge in [0, 0.05) is 48.5 Å². The summed E-state index contributed by atoms with van der Waals surface area (Å²) in [5, 5.41) is 3.57. The predicted octanol–water partition coefficient (Wildman–Crippen LogP) is 13.3. The van der Waals surface area contributed by atoms with Crippen molar-refractivity contribution in [2.45, 2.75) is 73.0 Å². The Morgan fingerprint density at radius 2 is 1.48 bits per heavy atom. The van der Waals surface area contributed by atoms with E-state index in [-0.39, 0.29) is 25.5 Å². The van der Waals surface area contributed by atoms with Gasteiger partial charge in [-0.05, 0) is 70.7 Å². The van der Waals surface area contributed by atoms with Crippen molar-refractivity contribution in [3.05, 3.63) is 163 Å². The molecule has 0 saturated heterocycles. The van der Waals surface area contributed by atoms with E-state index < -0.39 is 8.07 Å². The van der Waals surface area contributed by atoms with Crippen LogP contribution in [0.25, 0.3) is 72.6 Å². The average Bonchev–Trinajstić information content (AvgIpc) is 3.80. The molecule has 0 saturated carbocycles. The molecule has 60 heavy (non-hydrogen) atoms. The normalized spacial score (nSPS) is 11.8. The number of aryl methyl sites for hydroxylation is 1. The van der Waals surface area contributed by atoms with Crippen LogP contribution >= 0.6 is 0 Å². The monoisotopic (exact) mass is 981 g/mol. The quantitative estimate of drug-likeness (QED) is 0.118. The van der Waals surface area contributed by atoms with Gasteiger partial charge in [0.05, 0.1) is 30.5 Å². The fourth-order valence-corrected chi connectivity index (χ4v) is 9.41. The molecule has 0 atom stereocenters. The van der Waals surface area contributed by atoms with E-state index in [0.717, 1.165) is 73.4 Å². The third kappa shape index (κ3) is 8.71. The van der Waals surface area contributed by atoms with Crippen molar-refractivity contribution >= 4 is 46.4 Å². The number of pyridine rings is 2. The second kappa shape index (κ2) is 17.3. The Balaban J connectivity index is 0.000000220. The molecule has 9 aromatic rings. The maximum absolute atomic E-state index is 6.52. The second-order valence-electron chi connectivity index (χ2n) is 18.0. The molecule has 0 spiro atoms. The van der Waals surface area contributed by atoms with Crippen LogP contribution in [-0.4, -0.2) is 27.6 Å². The van der Waals surface area contributed by atoms with Crippen molar-refractivity contribution in [2.24, 2.45) is 5.92 Å². The summed E-state index contributed by atoms with van der Waals surface area (Å²) in [6.45, 7) is 20.3. The molecule has 5 aromatic carbocycles. The molecule has 0 aliphatic carbocycles. The van der Waals surface area contributed by atoms with Crippen LogP contribution < -0.4 is 5.19 Å². The van der Waals surface area contributed by atoms with Gasteiger partial charge in [-0.3, -0.25) is 4.98 Å². The topological polar surface area (TPSA) is 56.7 Å². The van der Waals surface area contributed by atoms with Crippen molar-refractivity contribution in [3.63, 3.8) is 0 Å². The van der Waals surface area contributed by atoms with E-state index in [9.17, 15) is 0 Å². The van der Waals surface area contributed by atoms with Crippen molar-refractivity contribution in [1.82, 2.24) is 19.5 Å². The number of aromatic nitrogens is 4. The fraction of sp³-hybridized carbons (Fsp3) is 0.226. The summed E-state index contributed by atoms with van der Waals surface area (Å²) in [5.74, 6) is 1.46. The molecule has 4 aromatic heterocycles. The standard InChI is InChI=1S/C35H28N3O.C18H24NSi.Ir/c1-22-14-19-27(32-31(22)26-20-21-30(35(2,3)4)37-34(26)39-32)33-36-28-12-8-9-13-29(28)38(33)25-17-15-24(16-18-25)23-10-6-5-7-11-23;1-14(2)11-16-12-17(15-9-7-6-8-10-15)19-13-18(16)20(3,4)5;/h5-18,20-21H,1-4H3;6-9,12-14H,11H2,1-5H3;/q2*-1;. The molecule has 4 heterocycles. The van der Waals surface area contributed by atoms with Gasteiger partial charge in [0.1, 0.15) is 0 Å². The van der Waals surface area contributed by atoms with E-state index in [1.807, 2.05) is 36.4 Å². The fourth-order valence-electron chi connectivity index (χ4n) is 7.82. The molecule has 1 radical (unpaired) electrons. The van der Waals surface area contributed by atoms with Crippen LogP contribution in [0.2, 0.25) is 19.6 Å². The van der Waals surface area contributed by atoms with Crippen molar-refractivity contribution < 1.29 is 24.5 Å². The van der Waals surface area contributed by atoms with Crippen molar-refractivity contribution in [2.75, 3.05) is 0 Å². The zero-order valence-electron chi connectivity index (χ0n) is 36.0. The van der Waals surface area contributed by atoms with E-state index in [2.05, 4.69) is 180 Å². The largest absolute Gasteiger partial charge is 0.486 e.